The Balaban J connectivity index is 3.10. The molecule has 0 heterocycles. The van der Waals surface area contributed by atoms with Crippen LogP contribution in [0, 0.1) is 25.2 Å². The van der Waals surface area contributed by atoms with Gasteiger partial charge < -0.3 is 10.1 Å². The third-order valence-electron chi connectivity index (χ3n) is 4.70. The summed E-state index contributed by atoms with van der Waals surface area (Å²) in [5, 5.41) is 3.46. The molecule has 2 atom stereocenters. The Kier molecular flexibility index (Phi) is 5.64. The van der Waals surface area contributed by atoms with E-state index in [1.807, 2.05) is 7.05 Å². The predicted molar refractivity (Wildman–Crippen MR) is 87.5 cm³/mol. The molecule has 114 valence electrons. The molecule has 0 amide bonds. The predicted octanol–water partition coefficient (Wildman–Crippen LogP) is 4.64. The SMILES string of the molecule is CNC(CC(C)C(C)(C)C)c1ccc(C)c(C)c1OC. The van der Waals surface area contributed by atoms with Crippen molar-refractivity contribution < 1.29 is 4.74 Å². The number of rotatable bonds is 5. The fourth-order valence-corrected chi connectivity index (χ4v) is 2.46. The summed E-state index contributed by atoms with van der Waals surface area (Å²) in [6.45, 7) is 13.5. The molecule has 0 spiro atoms. The van der Waals surface area contributed by atoms with Crippen LogP contribution in [0.5, 0.6) is 5.75 Å². The molecule has 2 nitrogen and oxygen atoms in total. The van der Waals surface area contributed by atoms with Crippen molar-refractivity contribution in [2.75, 3.05) is 14.2 Å². The zero-order chi connectivity index (χ0) is 15.5. The van der Waals surface area contributed by atoms with E-state index in [-0.39, 0.29) is 0 Å². The largest absolute Gasteiger partial charge is 0.496 e. The minimum absolute atomic E-state index is 0.322. The van der Waals surface area contributed by atoms with Crippen molar-refractivity contribution in [3.05, 3.63) is 28.8 Å². The van der Waals surface area contributed by atoms with Crippen LogP contribution in [0.4, 0.5) is 0 Å². The summed E-state index contributed by atoms with van der Waals surface area (Å²) in [6.07, 6.45) is 1.11. The number of nitrogens with one attached hydrogen (secondary N) is 1. The van der Waals surface area contributed by atoms with Gasteiger partial charge in [-0.05, 0) is 49.8 Å². The Bertz CT molecular complexity index is 445. The average molecular weight is 277 g/mol. The highest BCUT2D eigenvalue weighted by Crippen LogP contribution is 2.37. The number of hydrogen-bond acceptors (Lipinski definition) is 2. The van der Waals surface area contributed by atoms with Gasteiger partial charge in [0.2, 0.25) is 0 Å². The summed E-state index contributed by atoms with van der Waals surface area (Å²) in [5.41, 5.74) is 4.12. The minimum Gasteiger partial charge on any atom is -0.496 e. The van der Waals surface area contributed by atoms with E-state index in [1.54, 1.807) is 7.11 Å². The second kappa shape index (κ2) is 6.62. The Morgan fingerprint density at radius 2 is 1.80 bits per heavy atom. The van der Waals surface area contributed by atoms with Gasteiger partial charge in [0.25, 0.3) is 0 Å². The molecule has 0 fully saturated rings. The number of methoxy groups -OCH3 is 1. The first-order valence-electron chi connectivity index (χ1n) is 7.53. The molecule has 1 rings (SSSR count). The van der Waals surface area contributed by atoms with Crippen LogP contribution in [-0.2, 0) is 0 Å². The van der Waals surface area contributed by atoms with Crippen LogP contribution in [0.25, 0.3) is 0 Å². The van der Waals surface area contributed by atoms with E-state index >= 15 is 0 Å². The molecule has 1 N–H and O–H groups in total. The fraction of sp³-hybridized carbons (Fsp3) is 0.667. The Morgan fingerprint density at radius 3 is 2.25 bits per heavy atom. The molecule has 0 aliphatic heterocycles. The van der Waals surface area contributed by atoms with E-state index in [4.69, 9.17) is 4.74 Å². The summed E-state index contributed by atoms with van der Waals surface area (Å²) >= 11 is 0. The molecule has 20 heavy (non-hydrogen) atoms. The van der Waals surface area contributed by atoms with Crippen LogP contribution < -0.4 is 10.1 Å². The highest BCUT2D eigenvalue weighted by atomic mass is 16.5. The monoisotopic (exact) mass is 277 g/mol. The zero-order valence-corrected chi connectivity index (χ0v) is 14.4. The molecule has 2 heteroatoms. The van der Waals surface area contributed by atoms with Gasteiger partial charge in [-0.2, -0.15) is 0 Å². The highest BCUT2D eigenvalue weighted by molar-refractivity contribution is 5.46. The van der Waals surface area contributed by atoms with Gasteiger partial charge in [0.1, 0.15) is 5.75 Å². The van der Waals surface area contributed by atoms with Gasteiger partial charge in [-0.15, -0.1) is 0 Å². The van der Waals surface area contributed by atoms with Crippen LogP contribution in [0.1, 0.15) is 56.8 Å². The first kappa shape index (κ1) is 17.0. The van der Waals surface area contributed by atoms with Crippen molar-refractivity contribution in [2.45, 2.75) is 54.0 Å². The van der Waals surface area contributed by atoms with Crippen LogP contribution in [0.15, 0.2) is 12.1 Å². The molecule has 0 aliphatic rings. The lowest BCUT2D eigenvalue weighted by molar-refractivity contribution is 0.224. The molecule has 2 unspecified atom stereocenters. The molecule has 1 aromatic rings. The van der Waals surface area contributed by atoms with Gasteiger partial charge in [-0.1, -0.05) is 39.8 Å². The zero-order valence-electron chi connectivity index (χ0n) is 14.4. The van der Waals surface area contributed by atoms with Crippen molar-refractivity contribution in [2.24, 2.45) is 11.3 Å². The van der Waals surface area contributed by atoms with Gasteiger partial charge >= 0.3 is 0 Å². The lowest BCUT2D eigenvalue weighted by Crippen LogP contribution is -2.26. The summed E-state index contributed by atoms with van der Waals surface area (Å²) in [4.78, 5) is 0. The summed E-state index contributed by atoms with van der Waals surface area (Å²) in [6, 6.07) is 4.73. The summed E-state index contributed by atoms with van der Waals surface area (Å²) in [7, 11) is 3.81. The third-order valence-corrected chi connectivity index (χ3v) is 4.70. The van der Waals surface area contributed by atoms with Crippen LogP contribution in [0.3, 0.4) is 0 Å². The molecule has 0 aromatic heterocycles. The maximum Gasteiger partial charge on any atom is 0.126 e. The van der Waals surface area contributed by atoms with Gasteiger partial charge in [-0.25, -0.2) is 0 Å². The van der Waals surface area contributed by atoms with Crippen molar-refractivity contribution in [1.82, 2.24) is 5.32 Å². The number of ether oxygens (including phenoxy) is 1. The number of aryl methyl sites for hydroxylation is 1. The molecule has 0 saturated carbocycles. The summed E-state index contributed by atoms with van der Waals surface area (Å²) < 4.78 is 5.67. The van der Waals surface area contributed by atoms with Crippen molar-refractivity contribution >= 4 is 0 Å². The number of hydrogen-bond donors (Lipinski definition) is 1. The van der Waals surface area contributed by atoms with Crippen molar-refractivity contribution in [1.29, 1.82) is 0 Å². The van der Waals surface area contributed by atoms with E-state index in [1.165, 1.54) is 16.7 Å². The maximum absolute atomic E-state index is 5.67. The summed E-state index contributed by atoms with van der Waals surface area (Å²) in [5.74, 6) is 1.66. The van der Waals surface area contributed by atoms with Gasteiger partial charge in [0.15, 0.2) is 0 Å². The minimum atomic E-state index is 0.322. The van der Waals surface area contributed by atoms with Gasteiger partial charge in [0, 0.05) is 11.6 Å². The van der Waals surface area contributed by atoms with E-state index in [0.717, 1.165) is 12.2 Å². The second-order valence-electron chi connectivity index (χ2n) is 6.97. The van der Waals surface area contributed by atoms with Crippen LogP contribution in [-0.4, -0.2) is 14.2 Å². The normalized spacial score (nSPS) is 15.0. The van der Waals surface area contributed by atoms with Gasteiger partial charge in [0.05, 0.1) is 7.11 Å². The third kappa shape index (κ3) is 3.76. The van der Waals surface area contributed by atoms with E-state index in [9.17, 15) is 0 Å². The Hall–Kier alpha value is -1.02. The average Bonchev–Trinajstić information content (AvgIpc) is 2.37. The highest BCUT2D eigenvalue weighted by Gasteiger charge is 2.25. The van der Waals surface area contributed by atoms with E-state index in [2.05, 4.69) is 59.0 Å². The maximum atomic E-state index is 5.67. The second-order valence-corrected chi connectivity index (χ2v) is 6.97. The lowest BCUT2D eigenvalue weighted by atomic mass is 9.77. The molecule has 0 radical (unpaired) electrons. The first-order chi connectivity index (χ1) is 9.22. The molecule has 0 bridgehead atoms. The molecule has 0 aliphatic carbocycles. The van der Waals surface area contributed by atoms with Crippen LogP contribution >= 0.6 is 0 Å². The molecule has 0 saturated heterocycles. The standard InChI is InChI=1S/C18H31NO/c1-12-9-10-15(17(20-8)14(12)3)16(19-7)11-13(2)18(4,5)6/h9-10,13,16,19H,11H2,1-8H3. The fourth-order valence-electron chi connectivity index (χ4n) is 2.46. The van der Waals surface area contributed by atoms with Crippen LogP contribution in [0.2, 0.25) is 0 Å². The smallest absolute Gasteiger partial charge is 0.126 e. The number of benzene rings is 1. The first-order valence-corrected chi connectivity index (χ1v) is 7.53. The Morgan fingerprint density at radius 1 is 1.20 bits per heavy atom. The topological polar surface area (TPSA) is 21.3 Å². The van der Waals surface area contributed by atoms with E-state index < -0.39 is 0 Å². The molecule has 1 aromatic carbocycles. The molecular weight excluding hydrogens is 246 g/mol. The molecular formula is C18H31NO. The van der Waals surface area contributed by atoms with Gasteiger partial charge in [-0.3, -0.25) is 0 Å². The Labute approximate surface area is 124 Å². The van der Waals surface area contributed by atoms with Crippen molar-refractivity contribution in [3.8, 4) is 5.75 Å². The van der Waals surface area contributed by atoms with Crippen molar-refractivity contribution in [3.63, 3.8) is 0 Å². The lowest BCUT2D eigenvalue weighted by Gasteiger charge is -2.31. The quantitative estimate of drug-likeness (QED) is 0.846. The van der Waals surface area contributed by atoms with E-state index in [0.29, 0.717) is 17.4 Å².